The van der Waals surface area contributed by atoms with Crippen LogP contribution in [-0.2, 0) is 14.2 Å². The minimum absolute atomic E-state index is 0.0229. The SMILES string of the molecule is C=C1[C@H]2CC[C@]1(C)[C@]1(COCOC)CCC(C)=C[C@@H]1O2. The fraction of sp³-hybridized carbons (Fsp3) is 0.765. The fourth-order valence-corrected chi connectivity index (χ4v) is 4.45. The minimum atomic E-state index is 0.0229. The van der Waals surface area contributed by atoms with Crippen LogP contribution >= 0.6 is 0 Å². The molecule has 0 aromatic rings. The van der Waals surface area contributed by atoms with Crippen LogP contribution in [0.3, 0.4) is 0 Å². The molecule has 1 aliphatic heterocycles. The van der Waals surface area contributed by atoms with Crippen molar-refractivity contribution in [2.45, 2.75) is 51.7 Å². The molecule has 0 aromatic heterocycles. The summed E-state index contributed by atoms with van der Waals surface area (Å²) in [6.07, 6.45) is 7.23. The topological polar surface area (TPSA) is 27.7 Å². The van der Waals surface area contributed by atoms with E-state index in [0.717, 1.165) is 25.7 Å². The first kappa shape index (κ1) is 14.3. The average molecular weight is 278 g/mol. The van der Waals surface area contributed by atoms with E-state index >= 15 is 0 Å². The van der Waals surface area contributed by atoms with Crippen LogP contribution in [0.15, 0.2) is 23.8 Å². The molecule has 2 fully saturated rings. The first-order valence-corrected chi connectivity index (χ1v) is 7.62. The Morgan fingerprint density at radius 2 is 2.25 bits per heavy atom. The molecular weight excluding hydrogens is 252 g/mol. The normalized spacial score (nSPS) is 43.4. The summed E-state index contributed by atoms with van der Waals surface area (Å²) in [7, 11) is 1.67. The molecule has 2 bridgehead atoms. The van der Waals surface area contributed by atoms with Crippen molar-refractivity contribution in [3.63, 3.8) is 0 Å². The average Bonchev–Trinajstić information content (AvgIpc) is 2.64. The molecule has 112 valence electrons. The highest BCUT2D eigenvalue weighted by Crippen LogP contribution is 2.64. The van der Waals surface area contributed by atoms with Gasteiger partial charge >= 0.3 is 0 Å². The van der Waals surface area contributed by atoms with Crippen molar-refractivity contribution >= 4 is 0 Å². The molecule has 0 aromatic carbocycles. The maximum absolute atomic E-state index is 6.37. The lowest BCUT2D eigenvalue weighted by molar-refractivity contribution is -0.167. The summed E-state index contributed by atoms with van der Waals surface area (Å²) in [5.41, 5.74) is 2.87. The molecular formula is C17H26O3. The van der Waals surface area contributed by atoms with E-state index in [1.54, 1.807) is 7.11 Å². The molecule has 3 aliphatic rings. The Balaban J connectivity index is 1.96. The lowest BCUT2D eigenvalue weighted by atomic mass is 9.54. The third-order valence-electron chi connectivity index (χ3n) is 5.92. The van der Waals surface area contributed by atoms with Gasteiger partial charge < -0.3 is 14.2 Å². The standard InChI is InChI=1S/C17H26O3/c1-12-5-8-17(10-19-11-18-4)15(9-12)20-14-6-7-16(17,3)13(14)2/h9,14-15H,2,5-8,10-11H2,1,3-4H3/t14-,15+,16+,17+/m1/s1. The quantitative estimate of drug-likeness (QED) is 0.448. The second-order valence-corrected chi connectivity index (χ2v) is 6.87. The summed E-state index contributed by atoms with van der Waals surface area (Å²) in [4.78, 5) is 0. The van der Waals surface area contributed by atoms with Crippen molar-refractivity contribution in [2.75, 3.05) is 20.5 Å². The number of hydrogen-bond acceptors (Lipinski definition) is 3. The van der Waals surface area contributed by atoms with Gasteiger partial charge in [-0.05, 0) is 38.2 Å². The number of allylic oxidation sites excluding steroid dienone is 1. The van der Waals surface area contributed by atoms with Gasteiger partial charge in [0.2, 0.25) is 0 Å². The largest absolute Gasteiger partial charge is 0.366 e. The van der Waals surface area contributed by atoms with Crippen molar-refractivity contribution in [1.29, 1.82) is 0 Å². The van der Waals surface area contributed by atoms with E-state index in [1.807, 2.05) is 0 Å². The van der Waals surface area contributed by atoms with Crippen LogP contribution in [0.4, 0.5) is 0 Å². The van der Waals surface area contributed by atoms with Crippen LogP contribution in [0, 0.1) is 10.8 Å². The van der Waals surface area contributed by atoms with Crippen LogP contribution in [0.5, 0.6) is 0 Å². The van der Waals surface area contributed by atoms with E-state index in [9.17, 15) is 0 Å². The third-order valence-corrected chi connectivity index (χ3v) is 5.92. The van der Waals surface area contributed by atoms with Crippen molar-refractivity contribution in [1.82, 2.24) is 0 Å². The van der Waals surface area contributed by atoms with Gasteiger partial charge in [0.05, 0.1) is 18.8 Å². The van der Waals surface area contributed by atoms with E-state index < -0.39 is 0 Å². The molecule has 1 saturated heterocycles. The Morgan fingerprint density at radius 3 is 3.00 bits per heavy atom. The van der Waals surface area contributed by atoms with Gasteiger partial charge in [0.1, 0.15) is 6.79 Å². The van der Waals surface area contributed by atoms with Gasteiger partial charge in [-0.1, -0.05) is 25.2 Å². The number of hydrogen-bond donors (Lipinski definition) is 0. The molecule has 3 nitrogen and oxygen atoms in total. The van der Waals surface area contributed by atoms with Crippen molar-refractivity contribution in [2.24, 2.45) is 10.8 Å². The van der Waals surface area contributed by atoms with Gasteiger partial charge in [0.15, 0.2) is 0 Å². The Morgan fingerprint density at radius 1 is 1.45 bits per heavy atom. The van der Waals surface area contributed by atoms with Crippen LogP contribution in [0.2, 0.25) is 0 Å². The van der Waals surface area contributed by atoms with Crippen LogP contribution in [0.25, 0.3) is 0 Å². The van der Waals surface area contributed by atoms with E-state index in [-0.39, 0.29) is 23.0 Å². The Kier molecular flexibility index (Phi) is 3.56. The van der Waals surface area contributed by atoms with Gasteiger partial charge in [-0.25, -0.2) is 0 Å². The zero-order valence-corrected chi connectivity index (χ0v) is 12.9. The van der Waals surface area contributed by atoms with E-state index in [0.29, 0.717) is 13.4 Å². The van der Waals surface area contributed by atoms with Crippen LogP contribution in [-0.4, -0.2) is 32.7 Å². The van der Waals surface area contributed by atoms with E-state index in [2.05, 4.69) is 26.5 Å². The molecule has 3 heteroatoms. The fourth-order valence-electron chi connectivity index (χ4n) is 4.45. The summed E-state index contributed by atoms with van der Waals surface area (Å²) in [6.45, 7) is 9.98. The highest BCUT2D eigenvalue weighted by Gasteiger charge is 2.62. The van der Waals surface area contributed by atoms with Crippen LogP contribution < -0.4 is 0 Å². The highest BCUT2D eigenvalue weighted by atomic mass is 16.7. The lowest BCUT2D eigenvalue weighted by Gasteiger charge is -2.56. The third kappa shape index (κ3) is 1.83. The maximum Gasteiger partial charge on any atom is 0.146 e. The molecule has 0 radical (unpaired) electrons. The van der Waals surface area contributed by atoms with Gasteiger partial charge in [-0.2, -0.15) is 0 Å². The summed E-state index contributed by atoms with van der Waals surface area (Å²) in [5, 5.41) is 0. The Labute approximate surface area is 122 Å². The van der Waals surface area contributed by atoms with E-state index in [1.165, 1.54) is 11.1 Å². The summed E-state index contributed by atoms with van der Waals surface area (Å²) >= 11 is 0. The molecule has 0 amide bonds. The van der Waals surface area contributed by atoms with E-state index in [4.69, 9.17) is 14.2 Å². The number of methoxy groups -OCH3 is 1. The monoisotopic (exact) mass is 278 g/mol. The smallest absolute Gasteiger partial charge is 0.146 e. The maximum atomic E-state index is 6.37. The van der Waals surface area contributed by atoms with Crippen molar-refractivity contribution < 1.29 is 14.2 Å². The van der Waals surface area contributed by atoms with Gasteiger partial charge in [-0.3, -0.25) is 0 Å². The predicted octanol–water partition coefficient (Wildman–Crippen LogP) is 3.46. The number of ether oxygens (including phenoxy) is 3. The highest BCUT2D eigenvalue weighted by molar-refractivity contribution is 5.33. The molecule has 1 heterocycles. The summed E-state index contributed by atoms with van der Waals surface area (Å²) in [6, 6.07) is 0. The molecule has 4 atom stereocenters. The lowest BCUT2D eigenvalue weighted by Crippen LogP contribution is -2.57. The molecule has 20 heavy (non-hydrogen) atoms. The minimum Gasteiger partial charge on any atom is -0.366 e. The van der Waals surface area contributed by atoms with Crippen molar-refractivity contribution in [3.05, 3.63) is 23.8 Å². The second-order valence-electron chi connectivity index (χ2n) is 6.87. The number of fused-ring (bicyclic) bond motifs is 4. The number of rotatable bonds is 4. The Bertz CT molecular complexity index is 442. The Hall–Kier alpha value is -0.640. The molecule has 0 N–H and O–H groups in total. The van der Waals surface area contributed by atoms with Crippen LogP contribution in [0.1, 0.15) is 39.5 Å². The molecule has 1 saturated carbocycles. The zero-order chi connectivity index (χ0) is 14.4. The first-order valence-electron chi connectivity index (χ1n) is 7.62. The molecule has 0 spiro atoms. The molecule has 2 aliphatic carbocycles. The zero-order valence-electron chi connectivity index (χ0n) is 12.9. The van der Waals surface area contributed by atoms with Crippen molar-refractivity contribution in [3.8, 4) is 0 Å². The molecule has 3 rings (SSSR count). The predicted molar refractivity (Wildman–Crippen MR) is 78.4 cm³/mol. The van der Waals surface area contributed by atoms with Gasteiger partial charge in [0.25, 0.3) is 0 Å². The first-order chi connectivity index (χ1) is 9.53. The van der Waals surface area contributed by atoms with Gasteiger partial charge in [0, 0.05) is 17.9 Å². The second kappa shape index (κ2) is 4.97. The summed E-state index contributed by atoms with van der Waals surface area (Å²) < 4.78 is 17.2. The summed E-state index contributed by atoms with van der Waals surface area (Å²) in [5.74, 6) is 0. The molecule has 0 unspecified atom stereocenters. The van der Waals surface area contributed by atoms with Gasteiger partial charge in [-0.15, -0.1) is 0 Å².